The molecule has 0 unspecified atom stereocenters. The zero-order valence-corrected chi connectivity index (χ0v) is 7.50. The summed E-state index contributed by atoms with van der Waals surface area (Å²) in [7, 11) is 3.38. The van der Waals surface area contributed by atoms with Crippen molar-refractivity contribution in [2.45, 2.75) is 13.8 Å². The average molecular weight is 160 g/mol. The van der Waals surface area contributed by atoms with Gasteiger partial charge in [0, 0.05) is 20.0 Å². The number of rotatable bonds is 2. The molecule has 4 heteroatoms. The number of hydrogen-bond donors (Lipinski definition) is 1. The maximum Gasteiger partial charge on any atom is 0.219 e. The molecule has 0 heterocycles. The van der Waals surface area contributed by atoms with Crippen LogP contribution in [-0.4, -0.2) is 31.3 Å². The molecule has 0 fully saturated rings. The zero-order valence-electron chi connectivity index (χ0n) is 7.50. The predicted molar refractivity (Wildman–Crippen MR) is 43.8 cm³/mol. The number of amides is 2. The van der Waals surface area contributed by atoms with Gasteiger partial charge in [0.05, 0.1) is 0 Å². The molecule has 66 valence electrons. The summed E-state index contributed by atoms with van der Waals surface area (Å²) < 4.78 is 0. The molecule has 0 aromatic heterocycles. The second-order valence-electron chi connectivity index (χ2n) is 2.63. The van der Waals surface area contributed by atoms with E-state index < -0.39 is 0 Å². The van der Waals surface area contributed by atoms with Crippen LogP contribution in [0.5, 0.6) is 0 Å². The van der Waals surface area contributed by atoms with Gasteiger partial charge in [-0.1, -0.05) is 13.8 Å². The highest BCUT2D eigenvalue weighted by atomic mass is 16.1. The molecule has 0 rings (SSSR count). The smallest absolute Gasteiger partial charge is 0.219 e. The van der Waals surface area contributed by atoms with Gasteiger partial charge in [0.2, 0.25) is 12.3 Å². The van der Waals surface area contributed by atoms with Crippen molar-refractivity contribution in [2.75, 3.05) is 14.1 Å². The lowest BCUT2D eigenvalue weighted by molar-refractivity contribution is -0.120. The van der Waals surface area contributed by atoms with E-state index in [9.17, 15) is 9.59 Å². The molecule has 0 aliphatic rings. The van der Waals surface area contributed by atoms with Crippen molar-refractivity contribution in [3.05, 3.63) is 0 Å². The number of carbonyl (C=O) groups is 2. The zero-order chi connectivity index (χ0) is 9.44. The Hall–Kier alpha value is -1.06. The third-order valence-electron chi connectivity index (χ3n) is 0.780. The number of carbonyl (C=O) groups excluding carboxylic acids is 2. The van der Waals surface area contributed by atoms with E-state index in [0.29, 0.717) is 0 Å². The van der Waals surface area contributed by atoms with Crippen LogP contribution < -0.4 is 5.73 Å². The molecular formula is C7H16N2O2. The Bertz CT molecular complexity index is 122. The van der Waals surface area contributed by atoms with Gasteiger partial charge in [-0.15, -0.1) is 0 Å². The van der Waals surface area contributed by atoms with E-state index in [0.717, 1.165) is 6.41 Å². The largest absolute Gasteiger partial charge is 0.369 e. The summed E-state index contributed by atoms with van der Waals surface area (Å²) in [6.45, 7) is 3.53. The van der Waals surface area contributed by atoms with E-state index in [4.69, 9.17) is 5.73 Å². The number of primary amides is 1. The standard InChI is InChI=1S/C4H9NO.C3H7NO/c1-3(2)4(5)6;1-4(2)3-5/h3H,1-2H3,(H2,5,6);3H,1-2H3. The predicted octanol–water partition coefficient (Wildman–Crippen LogP) is -0.168. The molecule has 0 radical (unpaired) electrons. The lowest BCUT2D eigenvalue weighted by atomic mass is 10.2. The lowest BCUT2D eigenvalue weighted by Gasteiger charge is -1.93. The van der Waals surface area contributed by atoms with Crippen LogP contribution in [0.2, 0.25) is 0 Å². The Kier molecular flexibility index (Phi) is 8.08. The fourth-order valence-corrected chi connectivity index (χ4v) is 0. The molecule has 0 atom stereocenters. The summed E-state index contributed by atoms with van der Waals surface area (Å²) in [5.74, 6) is -0.250. The Morgan fingerprint density at radius 3 is 1.64 bits per heavy atom. The van der Waals surface area contributed by atoms with E-state index in [-0.39, 0.29) is 11.8 Å². The van der Waals surface area contributed by atoms with Gasteiger partial charge in [-0.25, -0.2) is 0 Å². The van der Waals surface area contributed by atoms with Crippen molar-refractivity contribution in [1.82, 2.24) is 4.90 Å². The van der Waals surface area contributed by atoms with Crippen molar-refractivity contribution in [2.24, 2.45) is 11.7 Å². The van der Waals surface area contributed by atoms with Gasteiger partial charge >= 0.3 is 0 Å². The summed E-state index contributed by atoms with van der Waals surface area (Å²) in [6.07, 6.45) is 0.750. The summed E-state index contributed by atoms with van der Waals surface area (Å²) in [6, 6.07) is 0. The van der Waals surface area contributed by atoms with Crippen molar-refractivity contribution in [3.63, 3.8) is 0 Å². The number of hydrogen-bond acceptors (Lipinski definition) is 2. The van der Waals surface area contributed by atoms with E-state index in [2.05, 4.69) is 0 Å². The summed E-state index contributed by atoms with van der Waals surface area (Å²) in [4.78, 5) is 20.8. The van der Waals surface area contributed by atoms with Gasteiger partial charge < -0.3 is 10.6 Å². The van der Waals surface area contributed by atoms with Crippen LogP contribution >= 0.6 is 0 Å². The molecule has 0 bridgehead atoms. The van der Waals surface area contributed by atoms with Gasteiger partial charge in [0.15, 0.2) is 0 Å². The van der Waals surface area contributed by atoms with Crippen molar-refractivity contribution < 1.29 is 9.59 Å². The number of nitrogens with zero attached hydrogens (tertiary/aromatic N) is 1. The van der Waals surface area contributed by atoms with Crippen LogP contribution in [0.1, 0.15) is 13.8 Å². The van der Waals surface area contributed by atoms with E-state index in [1.165, 1.54) is 4.90 Å². The molecule has 0 saturated carbocycles. The van der Waals surface area contributed by atoms with Crippen molar-refractivity contribution in [3.8, 4) is 0 Å². The van der Waals surface area contributed by atoms with Gasteiger partial charge in [0.1, 0.15) is 0 Å². The second-order valence-corrected chi connectivity index (χ2v) is 2.63. The lowest BCUT2D eigenvalue weighted by Crippen LogP contribution is -2.17. The molecular weight excluding hydrogens is 144 g/mol. The minimum atomic E-state index is -0.241. The Balaban J connectivity index is 0. The minimum Gasteiger partial charge on any atom is -0.369 e. The van der Waals surface area contributed by atoms with Gasteiger partial charge in [-0.05, 0) is 0 Å². The molecule has 0 aliphatic heterocycles. The molecule has 4 nitrogen and oxygen atoms in total. The Morgan fingerprint density at radius 2 is 1.64 bits per heavy atom. The third kappa shape index (κ3) is 17.6. The molecule has 0 spiro atoms. The Labute approximate surface area is 67.4 Å². The first-order chi connectivity index (χ1) is 4.91. The Morgan fingerprint density at radius 1 is 1.45 bits per heavy atom. The summed E-state index contributed by atoms with van der Waals surface area (Å²) >= 11 is 0. The fraction of sp³-hybridized carbons (Fsp3) is 0.714. The highest BCUT2D eigenvalue weighted by Crippen LogP contribution is 1.84. The molecule has 0 aromatic rings. The van der Waals surface area contributed by atoms with E-state index in [1.807, 2.05) is 0 Å². The molecule has 2 amide bonds. The van der Waals surface area contributed by atoms with Crippen LogP contribution in [0.3, 0.4) is 0 Å². The van der Waals surface area contributed by atoms with Crippen LogP contribution in [-0.2, 0) is 9.59 Å². The SMILES string of the molecule is CC(C)C(N)=O.CN(C)C=O. The van der Waals surface area contributed by atoms with Crippen LogP contribution in [0.25, 0.3) is 0 Å². The monoisotopic (exact) mass is 160 g/mol. The van der Waals surface area contributed by atoms with Crippen LogP contribution in [0, 0.1) is 5.92 Å². The molecule has 0 saturated heterocycles. The van der Waals surface area contributed by atoms with Gasteiger partial charge in [0.25, 0.3) is 0 Å². The quantitative estimate of drug-likeness (QED) is 0.570. The highest BCUT2D eigenvalue weighted by molar-refractivity contribution is 5.75. The normalized spacial score (nSPS) is 8.09. The molecule has 0 aliphatic carbocycles. The second kappa shape index (κ2) is 7.05. The molecule has 2 N–H and O–H groups in total. The van der Waals surface area contributed by atoms with Gasteiger partial charge in [-0.3, -0.25) is 9.59 Å². The first kappa shape index (κ1) is 12.6. The highest BCUT2D eigenvalue weighted by Gasteiger charge is 1.96. The first-order valence-electron chi connectivity index (χ1n) is 3.32. The van der Waals surface area contributed by atoms with E-state index in [1.54, 1.807) is 27.9 Å². The van der Waals surface area contributed by atoms with Crippen molar-refractivity contribution in [1.29, 1.82) is 0 Å². The van der Waals surface area contributed by atoms with Crippen LogP contribution in [0.4, 0.5) is 0 Å². The third-order valence-corrected chi connectivity index (χ3v) is 0.780. The van der Waals surface area contributed by atoms with Crippen molar-refractivity contribution >= 4 is 12.3 Å². The summed E-state index contributed by atoms with van der Waals surface area (Å²) in [5, 5.41) is 0. The minimum absolute atomic E-state index is 0.00926. The maximum atomic E-state index is 9.92. The fourth-order valence-electron chi connectivity index (χ4n) is 0. The summed E-state index contributed by atoms with van der Waals surface area (Å²) in [5.41, 5.74) is 4.80. The molecule has 11 heavy (non-hydrogen) atoms. The van der Waals surface area contributed by atoms with E-state index >= 15 is 0 Å². The average Bonchev–Trinajstić information content (AvgIpc) is 1.89. The molecule has 0 aromatic carbocycles. The topological polar surface area (TPSA) is 63.4 Å². The van der Waals surface area contributed by atoms with Crippen LogP contribution in [0.15, 0.2) is 0 Å². The van der Waals surface area contributed by atoms with Gasteiger partial charge in [-0.2, -0.15) is 0 Å². The number of nitrogens with two attached hydrogens (primary N) is 1. The maximum absolute atomic E-state index is 9.92. The first-order valence-corrected chi connectivity index (χ1v) is 3.32.